The lowest BCUT2D eigenvalue weighted by molar-refractivity contribution is 0.305. The summed E-state index contributed by atoms with van der Waals surface area (Å²) in [5.41, 5.74) is 13.0. The summed E-state index contributed by atoms with van der Waals surface area (Å²) >= 11 is 0. The van der Waals surface area contributed by atoms with Gasteiger partial charge in [0.2, 0.25) is 0 Å². The van der Waals surface area contributed by atoms with Gasteiger partial charge in [-0.3, -0.25) is 0 Å². The summed E-state index contributed by atoms with van der Waals surface area (Å²) < 4.78 is 27.6. The van der Waals surface area contributed by atoms with Crippen molar-refractivity contribution in [1.29, 1.82) is 0 Å². The molecule has 0 N–H and O–H groups in total. The molecular formula is C62H73NO4. The average Bonchev–Trinajstić information content (AvgIpc) is 3.81. The molecule has 0 saturated carbocycles. The molecule has 0 aliphatic rings. The van der Waals surface area contributed by atoms with Crippen LogP contribution < -0.4 is 18.9 Å². The molecule has 0 unspecified atom stereocenters. The van der Waals surface area contributed by atoms with Gasteiger partial charge in [0.1, 0.15) is 23.0 Å². The van der Waals surface area contributed by atoms with Gasteiger partial charge in [-0.2, -0.15) is 0 Å². The highest BCUT2D eigenvalue weighted by atomic mass is 16.5. The summed E-state index contributed by atoms with van der Waals surface area (Å²) in [7, 11) is 0. The molecule has 5 nitrogen and oxygen atoms in total. The second kappa shape index (κ2) is 24.2. The SMILES string of the molecule is CCCCCCOc1ccc(-c2c(-c3ccc(OCCCCCC)cc3)c3ccc4c(-c5ccc(OCCCCCC)cc5)c(-c5ccc(OCCCCCC)cc5)c5cccc2c5n34)cc1. The second-order valence-electron chi connectivity index (χ2n) is 18.4. The lowest BCUT2D eigenvalue weighted by Crippen LogP contribution is -2.02. The number of para-hydroxylation sites is 1. The van der Waals surface area contributed by atoms with Crippen molar-refractivity contribution in [2.24, 2.45) is 0 Å². The summed E-state index contributed by atoms with van der Waals surface area (Å²) in [4.78, 5) is 0. The molecule has 0 aliphatic heterocycles. The Kier molecular flexibility index (Phi) is 17.2. The van der Waals surface area contributed by atoms with Gasteiger partial charge < -0.3 is 23.3 Å². The van der Waals surface area contributed by atoms with Gasteiger partial charge in [-0.05, 0) is 109 Å². The van der Waals surface area contributed by atoms with Crippen molar-refractivity contribution in [3.05, 3.63) is 127 Å². The third-order valence-electron chi connectivity index (χ3n) is 13.3. The first kappa shape index (κ1) is 47.5. The number of benzene rings is 5. The summed E-state index contributed by atoms with van der Waals surface area (Å²) in [6.07, 6.45) is 18.9. The quantitative estimate of drug-likeness (QED) is 0.0459. The fourth-order valence-electron chi connectivity index (χ4n) is 9.71. The van der Waals surface area contributed by atoms with Gasteiger partial charge >= 0.3 is 0 Å². The van der Waals surface area contributed by atoms with Crippen LogP contribution in [0, 0.1) is 0 Å². The van der Waals surface area contributed by atoms with E-state index < -0.39 is 0 Å². The maximum atomic E-state index is 6.28. The van der Waals surface area contributed by atoms with Crippen molar-refractivity contribution < 1.29 is 18.9 Å². The van der Waals surface area contributed by atoms with Gasteiger partial charge in [0.15, 0.2) is 0 Å². The second-order valence-corrected chi connectivity index (χ2v) is 18.4. The molecule has 3 heterocycles. The normalized spacial score (nSPS) is 11.6. The van der Waals surface area contributed by atoms with Crippen LogP contribution in [0.4, 0.5) is 0 Å². The third-order valence-corrected chi connectivity index (χ3v) is 13.3. The van der Waals surface area contributed by atoms with Crippen LogP contribution in [0.15, 0.2) is 127 Å². The zero-order valence-electron chi connectivity index (χ0n) is 40.8. The molecule has 0 radical (unpaired) electrons. The van der Waals surface area contributed by atoms with Crippen LogP contribution in [0.1, 0.15) is 130 Å². The van der Waals surface area contributed by atoms with Gasteiger partial charge in [-0.1, -0.05) is 171 Å². The molecule has 0 bridgehead atoms. The molecule has 3 aromatic heterocycles. The number of hydrogen-bond acceptors (Lipinski definition) is 4. The molecule has 5 aromatic carbocycles. The molecule has 5 heteroatoms. The summed E-state index contributed by atoms with van der Waals surface area (Å²) in [6.45, 7) is 11.9. The number of hydrogen-bond donors (Lipinski definition) is 0. The molecule has 8 rings (SSSR count). The van der Waals surface area contributed by atoms with E-state index in [-0.39, 0.29) is 0 Å². The molecule has 0 saturated heterocycles. The summed E-state index contributed by atoms with van der Waals surface area (Å²) in [5, 5.41) is 2.41. The highest BCUT2D eigenvalue weighted by Gasteiger charge is 2.26. The molecule has 0 amide bonds. The fraction of sp³-hybridized carbons (Fsp3) is 0.387. The first-order valence-corrected chi connectivity index (χ1v) is 25.9. The van der Waals surface area contributed by atoms with E-state index in [9.17, 15) is 0 Å². The van der Waals surface area contributed by atoms with Crippen LogP contribution >= 0.6 is 0 Å². The van der Waals surface area contributed by atoms with E-state index in [0.717, 1.165) is 97.4 Å². The Morgan fingerprint density at radius 2 is 0.582 bits per heavy atom. The Morgan fingerprint density at radius 3 is 0.866 bits per heavy atom. The highest BCUT2D eigenvalue weighted by Crippen LogP contribution is 2.50. The molecule has 0 fully saturated rings. The Bertz CT molecular complexity index is 2530. The predicted molar refractivity (Wildman–Crippen MR) is 284 cm³/mol. The Labute approximate surface area is 400 Å². The Morgan fingerprint density at radius 1 is 0.299 bits per heavy atom. The van der Waals surface area contributed by atoms with E-state index in [1.807, 2.05) is 0 Å². The molecule has 350 valence electrons. The van der Waals surface area contributed by atoms with E-state index in [1.165, 1.54) is 127 Å². The van der Waals surface area contributed by atoms with E-state index in [0.29, 0.717) is 0 Å². The van der Waals surface area contributed by atoms with E-state index >= 15 is 0 Å². The first-order chi connectivity index (χ1) is 33.1. The lowest BCUT2D eigenvalue weighted by atomic mass is 9.86. The van der Waals surface area contributed by atoms with E-state index in [4.69, 9.17) is 18.9 Å². The smallest absolute Gasteiger partial charge is 0.119 e. The minimum absolute atomic E-state index is 0.737. The molecule has 67 heavy (non-hydrogen) atoms. The van der Waals surface area contributed by atoms with E-state index in [2.05, 4.69) is 159 Å². The van der Waals surface area contributed by atoms with Crippen LogP contribution in [0.5, 0.6) is 23.0 Å². The minimum Gasteiger partial charge on any atom is -0.494 e. The number of aromatic nitrogens is 1. The lowest BCUT2D eigenvalue weighted by Gasteiger charge is -2.24. The Hall–Kier alpha value is -5.94. The van der Waals surface area contributed by atoms with Crippen LogP contribution in [-0.4, -0.2) is 30.8 Å². The van der Waals surface area contributed by atoms with Gasteiger partial charge in [-0.25, -0.2) is 0 Å². The number of ether oxygens (including phenoxy) is 4. The summed E-state index contributed by atoms with van der Waals surface area (Å²) in [5.74, 6) is 3.65. The van der Waals surface area contributed by atoms with Crippen molar-refractivity contribution in [2.75, 3.05) is 26.4 Å². The third kappa shape index (κ3) is 11.4. The maximum absolute atomic E-state index is 6.28. The Balaban J connectivity index is 1.28. The van der Waals surface area contributed by atoms with Gasteiger partial charge in [0.05, 0.1) is 43.0 Å². The van der Waals surface area contributed by atoms with E-state index in [1.54, 1.807) is 0 Å². The molecule has 0 atom stereocenters. The number of pyridine rings is 2. The van der Waals surface area contributed by atoms with Crippen molar-refractivity contribution in [3.8, 4) is 67.5 Å². The molecule has 8 aromatic rings. The first-order valence-electron chi connectivity index (χ1n) is 25.9. The molecule has 0 spiro atoms. The minimum atomic E-state index is 0.737. The molecule has 0 aliphatic carbocycles. The predicted octanol–water partition coefficient (Wildman–Crippen LogP) is 18.2. The number of unbranched alkanes of at least 4 members (excludes halogenated alkanes) is 12. The largest absolute Gasteiger partial charge is 0.494 e. The van der Waals surface area contributed by atoms with Crippen LogP contribution in [0.2, 0.25) is 0 Å². The van der Waals surface area contributed by atoms with Crippen molar-refractivity contribution >= 4 is 27.3 Å². The summed E-state index contributed by atoms with van der Waals surface area (Å²) in [6, 6.07) is 46.8. The monoisotopic (exact) mass is 896 g/mol. The van der Waals surface area contributed by atoms with Crippen molar-refractivity contribution in [3.63, 3.8) is 0 Å². The van der Waals surface area contributed by atoms with Crippen molar-refractivity contribution in [1.82, 2.24) is 4.40 Å². The number of rotatable bonds is 28. The standard InChI is InChI=1S/C62H73NO4/c1-5-9-13-17-42-64-50-32-24-46(25-33-50)58-54-22-21-23-55-59(47-26-34-51(35-27-47)65-43-18-14-10-6-2)61(49-30-38-53(39-31-49)67-45-20-16-12-8-4)57-41-40-56(63(57)62(54)55)60(58)48-28-36-52(37-29-48)66-44-19-15-11-7-3/h21-41H,5-20,42-45H2,1-4H3. The van der Waals surface area contributed by atoms with Gasteiger partial charge in [0, 0.05) is 33.0 Å². The molecular weight excluding hydrogens is 823 g/mol. The van der Waals surface area contributed by atoms with Gasteiger partial charge in [-0.15, -0.1) is 0 Å². The average molecular weight is 896 g/mol. The van der Waals surface area contributed by atoms with Crippen LogP contribution in [0.25, 0.3) is 71.8 Å². The van der Waals surface area contributed by atoms with Crippen LogP contribution in [-0.2, 0) is 0 Å². The van der Waals surface area contributed by atoms with Gasteiger partial charge in [0.25, 0.3) is 0 Å². The maximum Gasteiger partial charge on any atom is 0.119 e. The fourth-order valence-corrected chi connectivity index (χ4v) is 9.71. The zero-order chi connectivity index (χ0) is 46.2. The number of nitrogens with zero attached hydrogens (tertiary/aromatic N) is 1. The highest BCUT2D eigenvalue weighted by molar-refractivity contribution is 6.20. The van der Waals surface area contributed by atoms with Crippen LogP contribution in [0.3, 0.4) is 0 Å². The zero-order valence-corrected chi connectivity index (χ0v) is 40.8. The topological polar surface area (TPSA) is 41.3 Å². The van der Waals surface area contributed by atoms with Crippen molar-refractivity contribution in [2.45, 2.75) is 130 Å².